The Bertz CT molecular complexity index is 535. The summed E-state index contributed by atoms with van der Waals surface area (Å²) < 4.78 is 1.68. The lowest BCUT2D eigenvalue weighted by Gasteiger charge is -2.10. The summed E-state index contributed by atoms with van der Waals surface area (Å²) in [4.78, 5) is 12.0. The van der Waals surface area contributed by atoms with E-state index in [2.05, 4.69) is 17.3 Å². The average molecular weight is 246 g/mol. The minimum atomic E-state index is -0.122. The molecule has 1 atom stereocenters. The van der Waals surface area contributed by atoms with Crippen LogP contribution in [0.25, 0.3) is 5.52 Å². The number of nitrogens with two attached hydrogens (primary N) is 1. The molecule has 0 saturated heterocycles. The molecule has 0 aliphatic rings. The second kappa shape index (κ2) is 5.64. The lowest BCUT2D eigenvalue weighted by molar-refractivity contribution is 0.0952. The van der Waals surface area contributed by atoms with Crippen LogP contribution >= 0.6 is 0 Å². The van der Waals surface area contributed by atoms with E-state index in [1.807, 2.05) is 24.4 Å². The second-order valence-corrected chi connectivity index (χ2v) is 4.35. The number of hydrogen-bond donors (Lipinski definition) is 2. The number of carbonyl (C=O) groups excluding carboxylic acids is 1. The summed E-state index contributed by atoms with van der Waals surface area (Å²) in [6, 6.07) is 5.64. The minimum Gasteiger partial charge on any atom is -0.350 e. The van der Waals surface area contributed by atoms with Gasteiger partial charge in [-0.05, 0) is 18.6 Å². The molecule has 0 fully saturated rings. The first-order valence-electron chi connectivity index (χ1n) is 6.18. The van der Waals surface area contributed by atoms with Crippen molar-refractivity contribution in [3.05, 3.63) is 36.2 Å². The van der Waals surface area contributed by atoms with E-state index in [0.29, 0.717) is 12.1 Å². The smallest absolute Gasteiger partial charge is 0.255 e. The molecule has 0 radical (unpaired) electrons. The van der Waals surface area contributed by atoms with Gasteiger partial charge in [0, 0.05) is 18.8 Å². The number of hydrogen-bond acceptors (Lipinski definition) is 3. The number of amides is 1. The van der Waals surface area contributed by atoms with Crippen LogP contribution in [-0.2, 0) is 0 Å². The molecule has 0 aliphatic heterocycles. The van der Waals surface area contributed by atoms with Gasteiger partial charge in [0.1, 0.15) is 0 Å². The standard InChI is InChI=1S/C13H18N4O/c1-2-5-10(14)8-15-13(18)11-9-16-17-7-4-3-6-12(11)17/h3-4,6-7,9-10H,2,5,8,14H2,1H3,(H,15,18). The van der Waals surface area contributed by atoms with Gasteiger partial charge in [0.25, 0.3) is 5.91 Å². The van der Waals surface area contributed by atoms with Gasteiger partial charge in [-0.2, -0.15) is 5.10 Å². The summed E-state index contributed by atoms with van der Waals surface area (Å²) >= 11 is 0. The molecule has 1 amide bonds. The van der Waals surface area contributed by atoms with Crippen LogP contribution in [0, 0.1) is 0 Å². The van der Waals surface area contributed by atoms with E-state index in [9.17, 15) is 4.79 Å². The van der Waals surface area contributed by atoms with E-state index >= 15 is 0 Å². The quantitative estimate of drug-likeness (QED) is 0.832. The van der Waals surface area contributed by atoms with E-state index in [4.69, 9.17) is 5.73 Å². The summed E-state index contributed by atoms with van der Waals surface area (Å²) in [6.45, 7) is 2.57. The first-order valence-corrected chi connectivity index (χ1v) is 6.18. The molecule has 18 heavy (non-hydrogen) atoms. The SMILES string of the molecule is CCCC(N)CNC(=O)c1cnn2ccccc12. The Hall–Kier alpha value is -1.88. The number of pyridine rings is 1. The van der Waals surface area contributed by atoms with E-state index in [1.54, 1.807) is 10.7 Å². The lowest BCUT2D eigenvalue weighted by atomic mass is 10.2. The lowest BCUT2D eigenvalue weighted by Crippen LogP contribution is -2.37. The van der Waals surface area contributed by atoms with Crippen LogP contribution in [0.4, 0.5) is 0 Å². The first kappa shape index (κ1) is 12.6. The van der Waals surface area contributed by atoms with Crippen LogP contribution in [0.5, 0.6) is 0 Å². The third-order valence-electron chi connectivity index (χ3n) is 2.86. The fourth-order valence-electron chi connectivity index (χ4n) is 1.90. The van der Waals surface area contributed by atoms with Crippen molar-refractivity contribution in [2.45, 2.75) is 25.8 Å². The van der Waals surface area contributed by atoms with Gasteiger partial charge in [-0.1, -0.05) is 19.4 Å². The molecule has 2 aromatic heterocycles. The number of nitrogens with one attached hydrogen (secondary N) is 1. The Balaban J connectivity index is 2.05. The predicted octanol–water partition coefficient (Wildman–Crippen LogP) is 1.19. The van der Waals surface area contributed by atoms with Crippen LogP contribution in [0.3, 0.4) is 0 Å². The van der Waals surface area contributed by atoms with Crippen molar-refractivity contribution in [2.24, 2.45) is 5.73 Å². The summed E-state index contributed by atoms with van der Waals surface area (Å²) in [5.74, 6) is -0.122. The molecule has 96 valence electrons. The molecule has 2 aromatic rings. The van der Waals surface area contributed by atoms with Crippen molar-refractivity contribution in [1.82, 2.24) is 14.9 Å². The Morgan fingerprint density at radius 2 is 2.39 bits per heavy atom. The molecule has 0 spiro atoms. The van der Waals surface area contributed by atoms with Crippen LogP contribution in [0.2, 0.25) is 0 Å². The molecular formula is C13H18N4O. The Morgan fingerprint density at radius 1 is 1.56 bits per heavy atom. The van der Waals surface area contributed by atoms with Crippen molar-refractivity contribution in [2.75, 3.05) is 6.54 Å². The van der Waals surface area contributed by atoms with Gasteiger partial charge >= 0.3 is 0 Å². The number of carbonyl (C=O) groups is 1. The highest BCUT2D eigenvalue weighted by Crippen LogP contribution is 2.09. The van der Waals surface area contributed by atoms with Crippen molar-refractivity contribution in [3.8, 4) is 0 Å². The first-order chi connectivity index (χ1) is 8.72. The fourth-order valence-corrected chi connectivity index (χ4v) is 1.90. The predicted molar refractivity (Wildman–Crippen MR) is 70.4 cm³/mol. The van der Waals surface area contributed by atoms with Gasteiger partial charge < -0.3 is 11.1 Å². The van der Waals surface area contributed by atoms with E-state index < -0.39 is 0 Å². The van der Waals surface area contributed by atoms with Crippen LogP contribution in [0.15, 0.2) is 30.6 Å². The third-order valence-corrected chi connectivity index (χ3v) is 2.86. The highest BCUT2D eigenvalue weighted by molar-refractivity contribution is 6.00. The number of rotatable bonds is 5. The van der Waals surface area contributed by atoms with Crippen LogP contribution < -0.4 is 11.1 Å². The van der Waals surface area contributed by atoms with Crippen molar-refractivity contribution >= 4 is 11.4 Å². The number of fused-ring (bicyclic) bond motifs is 1. The fraction of sp³-hybridized carbons (Fsp3) is 0.385. The molecule has 5 nitrogen and oxygen atoms in total. The van der Waals surface area contributed by atoms with E-state index in [0.717, 1.165) is 18.4 Å². The van der Waals surface area contributed by atoms with Gasteiger partial charge in [-0.3, -0.25) is 4.79 Å². The van der Waals surface area contributed by atoms with E-state index in [1.165, 1.54) is 0 Å². The Labute approximate surface area is 106 Å². The van der Waals surface area contributed by atoms with E-state index in [-0.39, 0.29) is 11.9 Å². The second-order valence-electron chi connectivity index (χ2n) is 4.35. The van der Waals surface area contributed by atoms with Gasteiger partial charge in [0.15, 0.2) is 0 Å². The topological polar surface area (TPSA) is 72.4 Å². The van der Waals surface area contributed by atoms with Crippen LogP contribution in [0.1, 0.15) is 30.1 Å². The molecule has 2 rings (SSSR count). The number of nitrogens with zero attached hydrogens (tertiary/aromatic N) is 2. The minimum absolute atomic E-state index is 0.0146. The Kier molecular flexibility index (Phi) is 3.94. The largest absolute Gasteiger partial charge is 0.350 e. The molecule has 2 heterocycles. The molecule has 0 aromatic carbocycles. The summed E-state index contributed by atoms with van der Waals surface area (Å²) in [5, 5.41) is 6.97. The van der Waals surface area contributed by atoms with Crippen molar-refractivity contribution in [3.63, 3.8) is 0 Å². The zero-order valence-electron chi connectivity index (χ0n) is 10.5. The Morgan fingerprint density at radius 3 is 3.17 bits per heavy atom. The highest BCUT2D eigenvalue weighted by Gasteiger charge is 2.12. The normalized spacial score (nSPS) is 12.6. The maximum Gasteiger partial charge on any atom is 0.255 e. The van der Waals surface area contributed by atoms with Crippen molar-refractivity contribution in [1.29, 1.82) is 0 Å². The monoisotopic (exact) mass is 246 g/mol. The third kappa shape index (κ3) is 2.68. The summed E-state index contributed by atoms with van der Waals surface area (Å²) in [6.07, 6.45) is 5.33. The summed E-state index contributed by atoms with van der Waals surface area (Å²) in [7, 11) is 0. The molecule has 1 unspecified atom stereocenters. The maximum atomic E-state index is 12.0. The number of aromatic nitrogens is 2. The zero-order valence-corrected chi connectivity index (χ0v) is 10.5. The summed E-state index contributed by atoms with van der Waals surface area (Å²) in [5.41, 5.74) is 7.25. The van der Waals surface area contributed by atoms with Gasteiger partial charge in [-0.25, -0.2) is 4.52 Å². The molecular weight excluding hydrogens is 228 g/mol. The maximum absolute atomic E-state index is 12.0. The van der Waals surface area contributed by atoms with Gasteiger partial charge in [0.2, 0.25) is 0 Å². The molecule has 0 aliphatic carbocycles. The van der Waals surface area contributed by atoms with Crippen molar-refractivity contribution < 1.29 is 4.79 Å². The average Bonchev–Trinajstić information content (AvgIpc) is 2.80. The van der Waals surface area contributed by atoms with Gasteiger partial charge in [0.05, 0.1) is 17.3 Å². The van der Waals surface area contributed by atoms with Crippen LogP contribution in [-0.4, -0.2) is 28.1 Å². The highest BCUT2D eigenvalue weighted by atomic mass is 16.1. The van der Waals surface area contributed by atoms with Gasteiger partial charge in [-0.15, -0.1) is 0 Å². The zero-order chi connectivity index (χ0) is 13.0. The molecule has 5 heteroatoms. The molecule has 0 saturated carbocycles. The molecule has 0 bridgehead atoms. The molecule has 3 N–H and O–H groups in total.